The van der Waals surface area contributed by atoms with E-state index in [1.165, 1.54) is 17.8 Å². The highest BCUT2D eigenvalue weighted by Gasteiger charge is 2.11. The molecule has 0 radical (unpaired) electrons. The molecule has 0 atom stereocenters. The summed E-state index contributed by atoms with van der Waals surface area (Å²) in [7, 11) is 0. The van der Waals surface area contributed by atoms with Crippen molar-refractivity contribution < 1.29 is 4.52 Å². The minimum atomic E-state index is -0.202. The molecule has 134 valence electrons. The number of H-pyrrole nitrogens is 1. The van der Waals surface area contributed by atoms with Crippen molar-refractivity contribution in [1.29, 1.82) is 0 Å². The molecule has 0 aliphatic heterocycles. The first kappa shape index (κ1) is 17.7. The Morgan fingerprint density at radius 3 is 2.63 bits per heavy atom. The molecule has 0 aliphatic rings. The Hall–Kier alpha value is -2.71. The van der Waals surface area contributed by atoms with Crippen molar-refractivity contribution in [2.24, 2.45) is 0 Å². The molecular weight excluding hydrogens is 428 g/mol. The van der Waals surface area contributed by atoms with Crippen molar-refractivity contribution in [3.05, 3.63) is 81.4 Å². The zero-order valence-electron chi connectivity index (χ0n) is 13.9. The molecule has 2 aromatic heterocycles. The second-order valence-corrected chi connectivity index (χ2v) is 7.49. The Morgan fingerprint density at radius 1 is 1.00 bits per heavy atom. The quantitative estimate of drug-likeness (QED) is 0.362. The van der Waals surface area contributed by atoms with Crippen LogP contribution in [0.4, 0.5) is 0 Å². The van der Waals surface area contributed by atoms with E-state index in [4.69, 9.17) is 4.52 Å². The fourth-order valence-electron chi connectivity index (χ4n) is 2.45. The Balaban J connectivity index is 1.51. The van der Waals surface area contributed by atoms with Crippen LogP contribution in [-0.2, 0) is 5.75 Å². The topological polar surface area (TPSA) is 84.7 Å². The molecule has 0 spiro atoms. The smallest absolute Gasteiger partial charge is 0.252 e. The maximum absolute atomic E-state index is 12.0. The van der Waals surface area contributed by atoms with Gasteiger partial charge in [-0.15, -0.1) is 0 Å². The Kier molecular flexibility index (Phi) is 5.17. The molecule has 0 amide bonds. The van der Waals surface area contributed by atoms with Crippen molar-refractivity contribution in [3.63, 3.8) is 0 Å². The highest BCUT2D eigenvalue weighted by atomic mass is 79.9. The first-order chi connectivity index (χ1) is 13.2. The zero-order chi connectivity index (χ0) is 18.6. The second-order valence-electron chi connectivity index (χ2n) is 5.61. The first-order valence-electron chi connectivity index (χ1n) is 8.05. The van der Waals surface area contributed by atoms with Gasteiger partial charge in [0.2, 0.25) is 11.7 Å². The molecule has 0 saturated heterocycles. The lowest BCUT2D eigenvalue weighted by atomic mass is 10.1. The van der Waals surface area contributed by atoms with E-state index in [0.717, 1.165) is 15.6 Å². The summed E-state index contributed by atoms with van der Waals surface area (Å²) in [5.74, 6) is 1.39. The van der Waals surface area contributed by atoms with Gasteiger partial charge in [-0.3, -0.25) is 4.79 Å². The molecule has 0 unspecified atom stereocenters. The standard InChI is InChI=1S/C19H13BrN4O2S/c20-14-8-4-7-13(9-14)18-23-17(26-24-18)11-27-19-21-15(10-16(25)22-19)12-5-2-1-3-6-12/h1-10H,11H2,(H,21,22,25). The van der Waals surface area contributed by atoms with Gasteiger partial charge >= 0.3 is 0 Å². The van der Waals surface area contributed by atoms with Gasteiger partial charge in [0.05, 0.1) is 11.4 Å². The normalized spacial score (nSPS) is 10.9. The summed E-state index contributed by atoms with van der Waals surface area (Å²) in [5.41, 5.74) is 2.18. The van der Waals surface area contributed by atoms with E-state index in [9.17, 15) is 4.79 Å². The van der Waals surface area contributed by atoms with E-state index in [-0.39, 0.29) is 5.56 Å². The first-order valence-corrected chi connectivity index (χ1v) is 9.83. The molecular formula is C19H13BrN4O2S. The van der Waals surface area contributed by atoms with E-state index in [0.29, 0.717) is 28.3 Å². The fraction of sp³-hybridized carbons (Fsp3) is 0.0526. The van der Waals surface area contributed by atoms with Crippen LogP contribution in [0, 0.1) is 0 Å². The van der Waals surface area contributed by atoms with Crippen LogP contribution < -0.4 is 5.56 Å². The molecule has 0 saturated carbocycles. The van der Waals surface area contributed by atoms with E-state index in [1.54, 1.807) is 0 Å². The highest BCUT2D eigenvalue weighted by molar-refractivity contribution is 9.10. The molecule has 8 heteroatoms. The van der Waals surface area contributed by atoms with Crippen LogP contribution in [0.2, 0.25) is 0 Å². The molecule has 4 rings (SSSR count). The summed E-state index contributed by atoms with van der Waals surface area (Å²) < 4.78 is 6.25. The average Bonchev–Trinajstić information content (AvgIpc) is 3.16. The monoisotopic (exact) mass is 440 g/mol. The van der Waals surface area contributed by atoms with Gasteiger partial charge < -0.3 is 9.51 Å². The molecule has 2 heterocycles. The minimum absolute atomic E-state index is 0.202. The molecule has 1 N–H and O–H groups in total. The lowest BCUT2D eigenvalue weighted by Crippen LogP contribution is -2.08. The Bertz CT molecular complexity index is 1130. The number of benzene rings is 2. The maximum atomic E-state index is 12.0. The molecule has 2 aromatic carbocycles. The molecule has 4 aromatic rings. The maximum Gasteiger partial charge on any atom is 0.252 e. The van der Waals surface area contributed by atoms with Crippen LogP contribution in [0.15, 0.2) is 79.6 Å². The number of hydrogen-bond donors (Lipinski definition) is 1. The summed E-state index contributed by atoms with van der Waals surface area (Å²) in [5, 5.41) is 4.51. The minimum Gasteiger partial charge on any atom is -0.338 e. The largest absolute Gasteiger partial charge is 0.338 e. The van der Waals surface area contributed by atoms with E-state index < -0.39 is 0 Å². The SMILES string of the molecule is O=c1cc(-c2ccccc2)nc(SCc2nc(-c3cccc(Br)c3)no2)[nH]1. The van der Waals surface area contributed by atoms with Crippen LogP contribution in [0.1, 0.15) is 5.89 Å². The Morgan fingerprint density at radius 2 is 1.81 bits per heavy atom. The van der Waals surface area contributed by atoms with Gasteiger partial charge in [-0.2, -0.15) is 4.98 Å². The zero-order valence-corrected chi connectivity index (χ0v) is 16.3. The molecule has 0 aliphatic carbocycles. The number of nitrogens with zero attached hydrogens (tertiary/aromatic N) is 3. The van der Waals surface area contributed by atoms with Crippen LogP contribution >= 0.6 is 27.7 Å². The summed E-state index contributed by atoms with van der Waals surface area (Å²) >= 11 is 4.76. The number of nitrogens with one attached hydrogen (secondary N) is 1. The van der Waals surface area contributed by atoms with Crippen LogP contribution in [0.3, 0.4) is 0 Å². The van der Waals surface area contributed by atoms with Gasteiger partial charge in [-0.1, -0.05) is 75.3 Å². The predicted octanol–water partition coefficient (Wildman–Crippen LogP) is 4.54. The van der Waals surface area contributed by atoms with Gasteiger partial charge in [0.1, 0.15) is 0 Å². The van der Waals surface area contributed by atoms with Gasteiger partial charge in [0, 0.05) is 21.7 Å². The summed E-state index contributed by atoms with van der Waals surface area (Å²) in [6.45, 7) is 0. The summed E-state index contributed by atoms with van der Waals surface area (Å²) in [4.78, 5) is 23.6. The number of thioether (sulfide) groups is 1. The van der Waals surface area contributed by atoms with Crippen molar-refractivity contribution >= 4 is 27.7 Å². The van der Waals surface area contributed by atoms with Crippen molar-refractivity contribution in [3.8, 4) is 22.6 Å². The number of hydrogen-bond acceptors (Lipinski definition) is 6. The number of aromatic nitrogens is 4. The van der Waals surface area contributed by atoms with Gasteiger partial charge in [0.15, 0.2) is 5.16 Å². The summed E-state index contributed by atoms with van der Waals surface area (Å²) in [6, 6.07) is 18.7. The van der Waals surface area contributed by atoms with E-state index in [2.05, 4.69) is 36.0 Å². The average molecular weight is 441 g/mol. The van der Waals surface area contributed by atoms with Crippen LogP contribution in [-0.4, -0.2) is 20.1 Å². The van der Waals surface area contributed by atoms with Crippen molar-refractivity contribution in [2.75, 3.05) is 0 Å². The van der Waals surface area contributed by atoms with E-state index >= 15 is 0 Å². The van der Waals surface area contributed by atoms with E-state index in [1.807, 2.05) is 54.6 Å². The third-order valence-electron chi connectivity index (χ3n) is 3.67. The molecule has 6 nitrogen and oxygen atoms in total. The molecule has 27 heavy (non-hydrogen) atoms. The van der Waals surface area contributed by atoms with Crippen LogP contribution in [0.5, 0.6) is 0 Å². The molecule has 0 fully saturated rings. The third-order valence-corrected chi connectivity index (χ3v) is 5.02. The molecule has 0 bridgehead atoms. The number of rotatable bonds is 5. The fourth-order valence-corrected chi connectivity index (χ4v) is 3.56. The third kappa shape index (κ3) is 4.35. The predicted molar refractivity (Wildman–Crippen MR) is 107 cm³/mol. The van der Waals surface area contributed by atoms with Gasteiger partial charge in [-0.25, -0.2) is 4.98 Å². The van der Waals surface area contributed by atoms with Crippen molar-refractivity contribution in [2.45, 2.75) is 10.9 Å². The van der Waals surface area contributed by atoms with Crippen LogP contribution in [0.25, 0.3) is 22.6 Å². The highest BCUT2D eigenvalue weighted by Crippen LogP contribution is 2.24. The van der Waals surface area contributed by atoms with Gasteiger partial charge in [-0.05, 0) is 12.1 Å². The number of halogens is 1. The number of aromatic amines is 1. The summed E-state index contributed by atoms with van der Waals surface area (Å²) in [6.07, 6.45) is 0. The van der Waals surface area contributed by atoms with Crippen molar-refractivity contribution in [1.82, 2.24) is 20.1 Å². The second kappa shape index (κ2) is 7.89. The lowest BCUT2D eigenvalue weighted by molar-refractivity contribution is 0.391. The lowest BCUT2D eigenvalue weighted by Gasteiger charge is -2.03. The van der Waals surface area contributed by atoms with Gasteiger partial charge in [0.25, 0.3) is 5.56 Å². The Labute approximate surface area is 167 Å².